The van der Waals surface area contributed by atoms with Crippen LogP contribution in [-0.2, 0) is 0 Å². The van der Waals surface area contributed by atoms with Gasteiger partial charge in [0.2, 0.25) is 0 Å². The van der Waals surface area contributed by atoms with Crippen LogP contribution in [0.3, 0.4) is 0 Å². The molecule has 2 rings (SSSR count). The molecule has 0 saturated heterocycles. The second-order valence-electron chi connectivity index (χ2n) is 5.57. The smallest absolute Gasteiger partial charge is 0.171 e. The minimum Gasteiger partial charge on any atom is -0.396 e. The van der Waals surface area contributed by atoms with Crippen LogP contribution in [0.2, 0.25) is 0 Å². The summed E-state index contributed by atoms with van der Waals surface area (Å²) in [5.41, 5.74) is 0. The second kappa shape index (κ2) is 6.70. The van der Waals surface area contributed by atoms with Gasteiger partial charge in [0.05, 0.1) is 0 Å². The topological polar surface area (TPSA) is 61.3 Å². The number of hydrogen-bond acceptors (Lipinski definition) is 5. The van der Waals surface area contributed by atoms with Crippen LogP contribution < -0.4 is 10.2 Å². The summed E-state index contributed by atoms with van der Waals surface area (Å²) in [7, 11) is 3.95. The van der Waals surface area contributed by atoms with Crippen molar-refractivity contribution in [1.82, 2.24) is 9.97 Å². The Morgan fingerprint density at radius 3 is 2.42 bits per heavy atom. The van der Waals surface area contributed by atoms with E-state index in [4.69, 9.17) is 5.11 Å². The van der Waals surface area contributed by atoms with Gasteiger partial charge in [-0.1, -0.05) is 0 Å². The van der Waals surface area contributed by atoms with Crippen molar-refractivity contribution in [3.8, 4) is 0 Å². The summed E-state index contributed by atoms with van der Waals surface area (Å²) in [5.74, 6) is 2.94. The largest absolute Gasteiger partial charge is 0.396 e. The highest BCUT2D eigenvalue weighted by Gasteiger charge is 2.20. The second-order valence-corrected chi connectivity index (χ2v) is 5.57. The quantitative estimate of drug-likeness (QED) is 0.848. The van der Waals surface area contributed by atoms with Gasteiger partial charge in [-0.3, -0.25) is 0 Å². The van der Waals surface area contributed by atoms with E-state index in [1.807, 2.05) is 19.0 Å². The summed E-state index contributed by atoms with van der Waals surface area (Å²) in [6.07, 6.45) is 8.10. The Bertz CT molecular complexity index is 389. The van der Waals surface area contributed by atoms with E-state index in [0.29, 0.717) is 18.4 Å². The molecule has 1 aromatic heterocycles. The first-order chi connectivity index (χ1) is 9.20. The predicted molar refractivity (Wildman–Crippen MR) is 77.4 cm³/mol. The zero-order valence-electron chi connectivity index (χ0n) is 11.8. The highest BCUT2D eigenvalue weighted by atomic mass is 16.3. The first kappa shape index (κ1) is 14.1. The molecule has 1 aliphatic rings. The zero-order valence-corrected chi connectivity index (χ0v) is 11.8. The summed E-state index contributed by atoms with van der Waals surface area (Å²) < 4.78 is 0. The van der Waals surface area contributed by atoms with Gasteiger partial charge < -0.3 is 15.3 Å². The summed E-state index contributed by atoms with van der Waals surface area (Å²) in [4.78, 5) is 10.7. The van der Waals surface area contributed by atoms with Crippen molar-refractivity contribution >= 4 is 11.6 Å². The first-order valence-electron chi connectivity index (χ1n) is 7.03. The van der Waals surface area contributed by atoms with Crippen LogP contribution >= 0.6 is 0 Å². The van der Waals surface area contributed by atoms with Gasteiger partial charge in [-0.05, 0) is 37.5 Å². The van der Waals surface area contributed by atoms with E-state index >= 15 is 0 Å². The van der Waals surface area contributed by atoms with Crippen LogP contribution in [0.4, 0.5) is 11.6 Å². The molecule has 1 saturated carbocycles. The normalized spacial score (nSPS) is 23.1. The van der Waals surface area contributed by atoms with Crippen LogP contribution in [0, 0.1) is 11.8 Å². The molecular formula is C14H24N4O. The third kappa shape index (κ3) is 3.80. The third-order valence-corrected chi connectivity index (χ3v) is 3.89. The Balaban J connectivity index is 1.86. The molecule has 0 aromatic carbocycles. The lowest BCUT2D eigenvalue weighted by molar-refractivity contribution is 0.170. The molecule has 0 amide bonds. The van der Waals surface area contributed by atoms with E-state index in [9.17, 15) is 0 Å². The van der Waals surface area contributed by atoms with Crippen molar-refractivity contribution in [2.45, 2.75) is 25.7 Å². The van der Waals surface area contributed by atoms with Crippen LogP contribution in [0.25, 0.3) is 0 Å². The number of aliphatic hydroxyl groups excluding tert-OH is 1. The maximum atomic E-state index is 9.14. The van der Waals surface area contributed by atoms with Crippen molar-refractivity contribution in [2.24, 2.45) is 11.8 Å². The number of anilines is 2. The standard InChI is InChI=1S/C14H24N4O/c1-18(2)14-13(15-7-8-16-14)17-9-11-3-5-12(10-19)6-4-11/h7-8,11-12,19H,3-6,9-10H2,1-2H3,(H,15,17). The Kier molecular flexibility index (Phi) is 4.96. The van der Waals surface area contributed by atoms with Crippen LogP contribution in [0.15, 0.2) is 12.4 Å². The summed E-state index contributed by atoms with van der Waals surface area (Å²) in [5, 5.41) is 12.6. The first-order valence-corrected chi connectivity index (χ1v) is 7.03. The molecule has 5 nitrogen and oxygen atoms in total. The van der Waals surface area contributed by atoms with Crippen molar-refractivity contribution in [1.29, 1.82) is 0 Å². The molecular weight excluding hydrogens is 240 g/mol. The Hall–Kier alpha value is -1.36. The van der Waals surface area contributed by atoms with E-state index in [1.165, 1.54) is 12.8 Å². The van der Waals surface area contributed by atoms with E-state index in [-0.39, 0.29) is 0 Å². The Morgan fingerprint density at radius 2 is 1.79 bits per heavy atom. The summed E-state index contributed by atoms with van der Waals surface area (Å²) in [6, 6.07) is 0. The Labute approximate surface area is 115 Å². The lowest BCUT2D eigenvalue weighted by Gasteiger charge is -2.27. The maximum Gasteiger partial charge on any atom is 0.171 e. The summed E-state index contributed by atoms with van der Waals surface area (Å²) >= 11 is 0. The molecule has 0 spiro atoms. The minimum atomic E-state index is 0.342. The van der Waals surface area contributed by atoms with Crippen LogP contribution in [-0.4, -0.2) is 42.3 Å². The minimum absolute atomic E-state index is 0.342. The molecule has 106 valence electrons. The van der Waals surface area contributed by atoms with E-state index in [1.54, 1.807) is 12.4 Å². The SMILES string of the molecule is CN(C)c1nccnc1NCC1CCC(CO)CC1. The molecule has 5 heteroatoms. The number of nitrogens with one attached hydrogen (secondary N) is 1. The van der Waals surface area contributed by atoms with Gasteiger partial charge in [0.1, 0.15) is 0 Å². The van der Waals surface area contributed by atoms with Gasteiger partial charge in [0.25, 0.3) is 0 Å². The number of aliphatic hydroxyl groups is 1. The number of rotatable bonds is 5. The molecule has 2 N–H and O–H groups in total. The van der Waals surface area contributed by atoms with Gasteiger partial charge in [-0.2, -0.15) is 0 Å². The fourth-order valence-electron chi connectivity index (χ4n) is 2.64. The van der Waals surface area contributed by atoms with E-state index in [2.05, 4.69) is 15.3 Å². The number of aromatic nitrogens is 2. The average Bonchev–Trinajstić information content (AvgIpc) is 2.46. The number of hydrogen-bond donors (Lipinski definition) is 2. The average molecular weight is 264 g/mol. The van der Waals surface area contributed by atoms with Gasteiger partial charge in [0, 0.05) is 39.6 Å². The van der Waals surface area contributed by atoms with Crippen molar-refractivity contribution < 1.29 is 5.11 Å². The predicted octanol–water partition coefficient (Wildman–Crippen LogP) is 1.75. The zero-order chi connectivity index (χ0) is 13.7. The number of nitrogens with zero attached hydrogens (tertiary/aromatic N) is 3. The van der Waals surface area contributed by atoms with E-state index in [0.717, 1.165) is 31.0 Å². The van der Waals surface area contributed by atoms with Gasteiger partial charge >= 0.3 is 0 Å². The molecule has 1 aliphatic carbocycles. The maximum absolute atomic E-state index is 9.14. The lowest BCUT2D eigenvalue weighted by atomic mass is 9.82. The van der Waals surface area contributed by atoms with Gasteiger partial charge in [-0.15, -0.1) is 0 Å². The lowest BCUT2D eigenvalue weighted by Crippen LogP contribution is -2.24. The van der Waals surface area contributed by atoms with Crippen molar-refractivity contribution in [3.63, 3.8) is 0 Å². The molecule has 1 aromatic rings. The third-order valence-electron chi connectivity index (χ3n) is 3.89. The Morgan fingerprint density at radius 1 is 1.16 bits per heavy atom. The molecule has 0 bridgehead atoms. The highest BCUT2D eigenvalue weighted by Crippen LogP contribution is 2.29. The highest BCUT2D eigenvalue weighted by molar-refractivity contribution is 5.59. The summed E-state index contributed by atoms with van der Waals surface area (Å²) in [6.45, 7) is 1.28. The molecule has 1 fully saturated rings. The van der Waals surface area contributed by atoms with Crippen LogP contribution in [0.1, 0.15) is 25.7 Å². The monoisotopic (exact) mass is 264 g/mol. The molecule has 0 radical (unpaired) electrons. The molecule has 1 heterocycles. The van der Waals surface area contributed by atoms with Crippen molar-refractivity contribution in [3.05, 3.63) is 12.4 Å². The molecule has 0 atom stereocenters. The molecule has 19 heavy (non-hydrogen) atoms. The molecule has 0 unspecified atom stereocenters. The van der Waals surface area contributed by atoms with Gasteiger partial charge in [0.15, 0.2) is 11.6 Å². The van der Waals surface area contributed by atoms with E-state index < -0.39 is 0 Å². The van der Waals surface area contributed by atoms with Crippen LogP contribution in [0.5, 0.6) is 0 Å². The fraction of sp³-hybridized carbons (Fsp3) is 0.714. The van der Waals surface area contributed by atoms with Gasteiger partial charge in [-0.25, -0.2) is 9.97 Å². The molecule has 0 aliphatic heterocycles. The fourth-order valence-corrected chi connectivity index (χ4v) is 2.64. The van der Waals surface area contributed by atoms with Crippen molar-refractivity contribution in [2.75, 3.05) is 37.5 Å².